The fraction of sp³-hybridized carbons (Fsp3) is 0.250. The summed E-state index contributed by atoms with van der Waals surface area (Å²) < 4.78 is 0. The van der Waals surface area contributed by atoms with Crippen LogP contribution in [0.15, 0.2) is 42.5 Å². The van der Waals surface area contributed by atoms with E-state index in [0.717, 1.165) is 10.8 Å². The van der Waals surface area contributed by atoms with Gasteiger partial charge in [-0.2, -0.15) is 0 Å². The molecule has 0 heterocycles. The topological polar surface area (TPSA) is 57.6 Å². The number of aliphatic carboxylic acids is 1. The number of carboxylic acids is 1. The summed E-state index contributed by atoms with van der Waals surface area (Å²) in [6.45, 7) is 3.33. The molecule has 0 bridgehead atoms. The number of fused-ring (bicyclic) bond motifs is 1. The van der Waals surface area contributed by atoms with E-state index in [1.165, 1.54) is 4.90 Å². The van der Waals surface area contributed by atoms with Crippen LogP contribution in [0, 0.1) is 0 Å². The number of hydrogen-bond donors (Lipinski definition) is 1. The molecule has 2 aromatic carbocycles. The van der Waals surface area contributed by atoms with Gasteiger partial charge >= 0.3 is 5.97 Å². The molecule has 4 heteroatoms. The van der Waals surface area contributed by atoms with Crippen molar-refractivity contribution in [1.29, 1.82) is 0 Å². The van der Waals surface area contributed by atoms with E-state index >= 15 is 0 Å². The molecule has 0 saturated carbocycles. The van der Waals surface area contributed by atoms with Gasteiger partial charge in [0.25, 0.3) is 5.91 Å². The van der Waals surface area contributed by atoms with Gasteiger partial charge in [0, 0.05) is 11.6 Å². The van der Waals surface area contributed by atoms with E-state index in [1.807, 2.05) is 50.2 Å². The minimum absolute atomic E-state index is 0.169. The number of hydrogen-bond acceptors (Lipinski definition) is 2. The number of carbonyl (C=O) groups excluding carboxylic acids is 1. The predicted octanol–water partition coefficient (Wildman–Crippen LogP) is 2.78. The lowest BCUT2D eigenvalue weighted by Gasteiger charge is -2.25. The highest BCUT2D eigenvalue weighted by Gasteiger charge is 2.22. The summed E-state index contributed by atoms with van der Waals surface area (Å²) in [7, 11) is 0. The molecule has 0 aliphatic carbocycles. The van der Waals surface area contributed by atoms with Crippen molar-refractivity contribution in [2.24, 2.45) is 0 Å². The Morgan fingerprint density at radius 2 is 1.75 bits per heavy atom. The van der Waals surface area contributed by atoms with E-state index in [1.54, 1.807) is 6.07 Å². The van der Waals surface area contributed by atoms with Crippen LogP contribution in [0.4, 0.5) is 0 Å². The first-order valence-corrected chi connectivity index (χ1v) is 6.51. The Morgan fingerprint density at radius 3 is 2.40 bits per heavy atom. The maximum absolute atomic E-state index is 12.6. The third-order valence-corrected chi connectivity index (χ3v) is 3.21. The molecule has 0 aromatic heterocycles. The molecule has 2 rings (SSSR count). The Kier molecular flexibility index (Phi) is 4.03. The van der Waals surface area contributed by atoms with E-state index in [-0.39, 0.29) is 18.5 Å². The van der Waals surface area contributed by atoms with Crippen LogP contribution in [0.3, 0.4) is 0 Å². The lowest BCUT2D eigenvalue weighted by Crippen LogP contribution is -2.40. The second-order valence-electron chi connectivity index (χ2n) is 4.95. The minimum Gasteiger partial charge on any atom is -0.480 e. The summed E-state index contributed by atoms with van der Waals surface area (Å²) in [5.41, 5.74) is 0.540. The fourth-order valence-electron chi connectivity index (χ4n) is 2.20. The molecule has 0 fully saturated rings. The number of amides is 1. The van der Waals surface area contributed by atoms with Gasteiger partial charge in [0.2, 0.25) is 0 Å². The summed E-state index contributed by atoms with van der Waals surface area (Å²) in [5.74, 6) is -1.26. The fourth-order valence-corrected chi connectivity index (χ4v) is 2.20. The van der Waals surface area contributed by atoms with Crippen molar-refractivity contribution in [3.63, 3.8) is 0 Å². The molecule has 0 spiro atoms. The first kappa shape index (κ1) is 14.1. The molecule has 1 N–H and O–H groups in total. The van der Waals surface area contributed by atoms with Crippen molar-refractivity contribution >= 4 is 22.6 Å². The van der Waals surface area contributed by atoms with Crippen LogP contribution in [0.2, 0.25) is 0 Å². The Hall–Kier alpha value is -2.36. The Bertz CT molecular complexity index is 644. The van der Waals surface area contributed by atoms with Crippen LogP contribution in [-0.4, -0.2) is 34.5 Å². The van der Waals surface area contributed by atoms with Gasteiger partial charge < -0.3 is 10.0 Å². The Labute approximate surface area is 117 Å². The minimum atomic E-state index is -1.01. The quantitative estimate of drug-likeness (QED) is 0.930. The number of carbonyl (C=O) groups is 2. The van der Waals surface area contributed by atoms with E-state index in [4.69, 9.17) is 5.11 Å². The van der Waals surface area contributed by atoms with Crippen LogP contribution in [0.25, 0.3) is 10.8 Å². The van der Waals surface area contributed by atoms with Crippen molar-refractivity contribution in [1.82, 2.24) is 4.90 Å². The zero-order chi connectivity index (χ0) is 14.7. The average Bonchev–Trinajstić information content (AvgIpc) is 2.43. The third-order valence-electron chi connectivity index (χ3n) is 3.21. The monoisotopic (exact) mass is 271 g/mol. The SMILES string of the molecule is CC(C)N(CC(=O)O)C(=O)c1cccc2ccccc12. The van der Waals surface area contributed by atoms with Crippen molar-refractivity contribution in [3.05, 3.63) is 48.0 Å². The molecule has 104 valence electrons. The van der Waals surface area contributed by atoms with Gasteiger partial charge in [-0.1, -0.05) is 36.4 Å². The van der Waals surface area contributed by atoms with Gasteiger partial charge in [-0.05, 0) is 30.7 Å². The Morgan fingerprint density at radius 1 is 1.10 bits per heavy atom. The van der Waals surface area contributed by atoms with Crippen LogP contribution >= 0.6 is 0 Å². The van der Waals surface area contributed by atoms with Crippen LogP contribution in [-0.2, 0) is 4.79 Å². The maximum atomic E-state index is 12.6. The summed E-state index contributed by atoms with van der Waals surface area (Å²) >= 11 is 0. The maximum Gasteiger partial charge on any atom is 0.323 e. The van der Waals surface area contributed by atoms with E-state index in [0.29, 0.717) is 5.56 Å². The Balaban J connectivity index is 2.46. The predicted molar refractivity (Wildman–Crippen MR) is 77.8 cm³/mol. The molecule has 0 atom stereocenters. The van der Waals surface area contributed by atoms with Crippen LogP contribution in [0.1, 0.15) is 24.2 Å². The smallest absolute Gasteiger partial charge is 0.323 e. The van der Waals surface area contributed by atoms with Gasteiger partial charge in [0.15, 0.2) is 0 Å². The second-order valence-corrected chi connectivity index (χ2v) is 4.95. The number of carboxylic acid groups (broad SMARTS) is 1. The standard InChI is InChI=1S/C16H17NO3/c1-11(2)17(10-15(18)19)16(20)14-9-5-7-12-6-3-4-8-13(12)14/h3-9,11H,10H2,1-2H3,(H,18,19). The van der Waals surface area contributed by atoms with Crippen molar-refractivity contribution in [3.8, 4) is 0 Å². The lowest BCUT2D eigenvalue weighted by atomic mass is 10.0. The largest absolute Gasteiger partial charge is 0.480 e. The molecule has 0 aliphatic heterocycles. The van der Waals surface area contributed by atoms with E-state index in [9.17, 15) is 9.59 Å². The van der Waals surface area contributed by atoms with Crippen LogP contribution in [0.5, 0.6) is 0 Å². The van der Waals surface area contributed by atoms with Gasteiger partial charge in [-0.15, -0.1) is 0 Å². The molecular weight excluding hydrogens is 254 g/mol. The van der Waals surface area contributed by atoms with Crippen molar-refractivity contribution in [2.45, 2.75) is 19.9 Å². The molecular formula is C16H17NO3. The highest BCUT2D eigenvalue weighted by atomic mass is 16.4. The average molecular weight is 271 g/mol. The van der Waals surface area contributed by atoms with Gasteiger partial charge in [-0.25, -0.2) is 0 Å². The van der Waals surface area contributed by atoms with Crippen molar-refractivity contribution < 1.29 is 14.7 Å². The normalized spacial score (nSPS) is 10.8. The molecule has 0 saturated heterocycles. The molecule has 1 amide bonds. The highest BCUT2D eigenvalue weighted by molar-refractivity contribution is 6.07. The first-order chi connectivity index (χ1) is 9.50. The van der Waals surface area contributed by atoms with Crippen molar-refractivity contribution in [2.75, 3.05) is 6.54 Å². The van der Waals surface area contributed by atoms with E-state index < -0.39 is 5.97 Å². The second kappa shape index (κ2) is 5.74. The van der Waals surface area contributed by atoms with Gasteiger partial charge in [-0.3, -0.25) is 9.59 Å². The molecule has 0 aliphatic rings. The highest BCUT2D eigenvalue weighted by Crippen LogP contribution is 2.20. The summed E-state index contributed by atoms with van der Waals surface area (Å²) in [6, 6.07) is 12.9. The molecule has 4 nitrogen and oxygen atoms in total. The first-order valence-electron chi connectivity index (χ1n) is 6.51. The van der Waals surface area contributed by atoms with Gasteiger partial charge in [0.1, 0.15) is 6.54 Å². The zero-order valence-electron chi connectivity index (χ0n) is 11.5. The summed E-state index contributed by atoms with van der Waals surface area (Å²) in [6.07, 6.45) is 0. The van der Waals surface area contributed by atoms with E-state index in [2.05, 4.69) is 0 Å². The zero-order valence-corrected chi connectivity index (χ0v) is 11.5. The third kappa shape index (κ3) is 2.79. The summed E-state index contributed by atoms with van der Waals surface area (Å²) in [5, 5.41) is 10.8. The number of benzene rings is 2. The number of nitrogens with zero attached hydrogens (tertiary/aromatic N) is 1. The van der Waals surface area contributed by atoms with Gasteiger partial charge in [0.05, 0.1) is 0 Å². The number of rotatable bonds is 4. The lowest BCUT2D eigenvalue weighted by molar-refractivity contribution is -0.138. The molecule has 2 aromatic rings. The molecule has 0 unspecified atom stereocenters. The molecule has 0 radical (unpaired) electrons. The summed E-state index contributed by atoms with van der Waals surface area (Å²) in [4.78, 5) is 24.9. The van der Waals surface area contributed by atoms with Crippen LogP contribution < -0.4 is 0 Å². The molecule has 20 heavy (non-hydrogen) atoms.